The van der Waals surface area contributed by atoms with Crippen LogP contribution in [0.5, 0.6) is 0 Å². The molecule has 1 atom stereocenters. The molecule has 0 aliphatic heterocycles. The van der Waals surface area contributed by atoms with Crippen molar-refractivity contribution in [3.63, 3.8) is 0 Å². The fourth-order valence-corrected chi connectivity index (χ4v) is 2.40. The smallest absolute Gasteiger partial charge is 0.221 e. The lowest BCUT2D eigenvalue weighted by atomic mass is 10.2. The summed E-state index contributed by atoms with van der Waals surface area (Å²) in [6.45, 7) is 0. The minimum absolute atomic E-state index is 0.480. The third kappa shape index (κ3) is 2.30. The zero-order valence-electron chi connectivity index (χ0n) is 8.33. The molecule has 0 aliphatic carbocycles. The van der Waals surface area contributed by atoms with E-state index in [1.165, 1.54) is 0 Å². The summed E-state index contributed by atoms with van der Waals surface area (Å²) < 4.78 is 13.6. The van der Waals surface area contributed by atoms with E-state index >= 15 is 0 Å². The molecule has 0 fully saturated rings. The molecule has 15 heavy (non-hydrogen) atoms. The van der Waals surface area contributed by atoms with Gasteiger partial charge >= 0.3 is 0 Å². The maximum atomic E-state index is 11.9. The monoisotopic (exact) mass is 221 g/mol. The SMILES string of the molecule is Cn1cnnc1S(=O)Cc1ccccc1. The first kappa shape index (κ1) is 10.0. The van der Waals surface area contributed by atoms with E-state index in [1.54, 1.807) is 17.9 Å². The Hall–Kier alpha value is -1.49. The molecule has 1 aromatic carbocycles. The number of benzene rings is 1. The van der Waals surface area contributed by atoms with Crippen LogP contribution in [0.25, 0.3) is 0 Å². The molecule has 1 heterocycles. The highest BCUT2D eigenvalue weighted by Gasteiger charge is 2.10. The molecule has 0 spiro atoms. The molecular weight excluding hydrogens is 210 g/mol. The average molecular weight is 221 g/mol. The van der Waals surface area contributed by atoms with Crippen LogP contribution >= 0.6 is 0 Å². The summed E-state index contributed by atoms with van der Waals surface area (Å²) in [5.41, 5.74) is 1.04. The minimum atomic E-state index is -1.13. The highest BCUT2D eigenvalue weighted by molar-refractivity contribution is 7.84. The Morgan fingerprint density at radius 3 is 2.67 bits per heavy atom. The van der Waals surface area contributed by atoms with Crippen LogP contribution < -0.4 is 0 Å². The topological polar surface area (TPSA) is 47.8 Å². The molecule has 0 saturated carbocycles. The van der Waals surface area contributed by atoms with E-state index in [9.17, 15) is 4.21 Å². The van der Waals surface area contributed by atoms with Crippen molar-refractivity contribution in [2.24, 2.45) is 7.05 Å². The summed E-state index contributed by atoms with van der Waals surface area (Å²) in [7, 11) is 0.664. The summed E-state index contributed by atoms with van der Waals surface area (Å²) >= 11 is 0. The van der Waals surface area contributed by atoms with E-state index in [0.717, 1.165) is 5.56 Å². The van der Waals surface area contributed by atoms with Gasteiger partial charge in [-0.25, -0.2) is 0 Å². The highest BCUT2D eigenvalue weighted by Crippen LogP contribution is 2.08. The van der Waals surface area contributed by atoms with Gasteiger partial charge in [-0.2, -0.15) is 0 Å². The molecule has 5 heteroatoms. The van der Waals surface area contributed by atoms with Crippen molar-refractivity contribution in [3.8, 4) is 0 Å². The standard InChI is InChI=1S/C10H11N3OS/c1-13-8-11-12-10(13)15(14)7-9-5-3-2-4-6-9/h2-6,8H,7H2,1H3. The van der Waals surface area contributed by atoms with Gasteiger partial charge in [0, 0.05) is 7.05 Å². The molecule has 1 aromatic heterocycles. The molecule has 1 unspecified atom stereocenters. The lowest BCUT2D eigenvalue weighted by molar-refractivity contribution is 0.663. The van der Waals surface area contributed by atoms with Crippen molar-refractivity contribution in [1.82, 2.24) is 14.8 Å². The molecule has 0 bridgehead atoms. The van der Waals surface area contributed by atoms with Crippen LogP contribution in [0.2, 0.25) is 0 Å². The molecule has 0 aliphatic rings. The van der Waals surface area contributed by atoms with E-state index in [1.807, 2.05) is 30.3 Å². The summed E-state index contributed by atoms with van der Waals surface area (Å²) in [5, 5.41) is 8.04. The molecule has 78 valence electrons. The van der Waals surface area contributed by atoms with Crippen LogP contribution in [-0.4, -0.2) is 19.0 Å². The second-order valence-corrected chi connectivity index (χ2v) is 4.54. The zero-order chi connectivity index (χ0) is 10.7. The Labute approximate surface area is 90.4 Å². The van der Waals surface area contributed by atoms with Gasteiger partial charge in [0.15, 0.2) is 0 Å². The summed E-state index contributed by atoms with van der Waals surface area (Å²) in [4.78, 5) is 0. The van der Waals surface area contributed by atoms with Crippen molar-refractivity contribution in [3.05, 3.63) is 42.2 Å². The van der Waals surface area contributed by atoms with Crippen molar-refractivity contribution >= 4 is 10.8 Å². The van der Waals surface area contributed by atoms with Gasteiger partial charge < -0.3 is 4.57 Å². The predicted molar refractivity (Wildman–Crippen MR) is 57.6 cm³/mol. The van der Waals surface area contributed by atoms with Crippen molar-refractivity contribution in [2.45, 2.75) is 10.9 Å². The lowest BCUT2D eigenvalue weighted by Gasteiger charge is -2.00. The van der Waals surface area contributed by atoms with Gasteiger partial charge in [-0.1, -0.05) is 30.3 Å². The average Bonchev–Trinajstić information content (AvgIpc) is 2.66. The molecule has 0 radical (unpaired) electrons. The molecule has 0 saturated heterocycles. The number of hydrogen-bond donors (Lipinski definition) is 0. The summed E-state index contributed by atoms with van der Waals surface area (Å²) in [5.74, 6) is 0.480. The van der Waals surface area contributed by atoms with E-state index in [2.05, 4.69) is 10.2 Å². The maximum Gasteiger partial charge on any atom is 0.221 e. The number of nitrogens with zero attached hydrogens (tertiary/aromatic N) is 3. The number of aryl methyl sites for hydroxylation is 1. The van der Waals surface area contributed by atoms with Gasteiger partial charge in [0.05, 0.1) is 16.6 Å². The van der Waals surface area contributed by atoms with Crippen LogP contribution in [0.4, 0.5) is 0 Å². The van der Waals surface area contributed by atoms with E-state index in [4.69, 9.17) is 0 Å². The quantitative estimate of drug-likeness (QED) is 0.780. The molecule has 0 N–H and O–H groups in total. The zero-order valence-corrected chi connectivity index (χ0v) is 9.15. The van der Waals surface area contributed by atoms with Gasteiger partial charge in [0.25, 0.3) is 0 Å². The largest absolute Gasteiger partial charge is 0.310 e. The van der Waals surface area contributed by atoms with Crippen LogP contribution in [-0.2, 0) is 23.6 Å². The fourth-order valence-electron chi connectivity index (χ4n) is 1.27. The van der Waals surface area contributed by atoms with E-state index in [0.29, 0.717) is 10.9 Å². The van der Waals surface area contributed by atoms with Crippen molar-refractivity contribution < 1.29 is 4.21 Å². The third-order valence-electron chi connectivity index (χ3n) is 2.01. The summed E-state index contributed by atoms with van der Waals surface area (Å²) in [6, 6.07) is 9.71. The second kappa shape index (κ2) is 4.35. The normalized spacial score (nSPS) is 12.6. The van der Waals surface area contributed by atoms with Gasteiger partial charge in [-0.15, -0.1) is 10.2 Å². The predicted octanol–water partition coefficient (Wildman–Crippen LogP) is 1.12. The first-order valence-corrected chi connectivity index (χ1v) is 5.85. The lowest BCUT2D eigenvalue weighted by Crippen LogP contribution is -2.03. The van der Waals surface area contributed by atoms with Crippen molar-refractivity contribution in [1.29, 1.82) is 0 Å². The molecule has 4 nitrogen and oxygen atoms in total. The highest BCUT2D eigenvalue weighted by atomic mass is 32.2. The van der Waals surface area contributed by atoms with Gasteiger partial charge in [0.2, 0.25) is 5.16 Å². The van der Waals surface area contributed by atoms with Gasteiger partial charge in [-0.05, 0) is 5.56 Å². The number of aromatic nitrogens is 3. The first-order valence-electron chi connectivity index (χ1n) is 4.53. The first-order chi connectivity index (χ1) is 7.27. The Morgan fingerprint density at radius 1 is 1.33 bits per heavy atom. The van der Waals surface area contributed by atoms with Gasteiger partial charge in [-0.3, -0.25) is 4.21 Å². The Bertz CT molecular complexity index is 467. The number of rotatable bonds is 3. The third-order valence-corrected chi connectivity index (χ3v) is 3.39. The van der Waals surface area contributed by atoms with Crippen LogP contribution in [0.15, 0.2) is 41.8 Å². The van der Waals surface area contributed by atoms with Gasteiger partial charge in [0.1, 0.15) is 6.33 Å². The van der Waals surface area contributed by atoms with Crippen LogP contribution in [0, 0.1) is 0 Å². The molecule has 2 rings (SSSR count). The molecule has 2 aromatic rings. The Morgan fingerprint density at radius 2 is 2.07 bits per heavy atom. The fraction of sp³-hybridized carbons (Fsp3) is 0.200. The number of hydrogen-bond acceptors (Lipinski definition) is 3. The minimum Gasteiger partial charge on any atom is -0.310 e. The maximum absolute atomic E-state index is 11.9. The van der Waals surface area contributed by atoms with E-state index in [-0.39, 0.29) is 0 Å². The van der Waals surface area contributed by atoms with E-state index < -0.39 is 10.8 Å². The Kier molecular flexibility index (Phi) is 2.91. The van der Waals surface area contributed by atoms with Crippen LogP contribution in [0.3, 0.4) is 0 Å². The molecule has 0 amide bonds. The van der Waals surface area contributed by atoms with Crippen molar-refractivity contribution in [2.75, 3.05) is 0 Å². The second-order valence-electron chi connectivity index (χ2n) is 3.20. The summed E-state index contributed by atoms with van der Waals surface area (Å²) in [6.07, 6.45) is 1.55. The molecular formula is C10H11N3OS. The van der Waals surface area contributed by atoms with Crippen LogP contribution in [0.1, 0.15) is 5.56 Å². The Balaban J connectivity index is 2.15.